The Bertz CT molecular complexity index is 628. The first kappa shape index (κ1) is 14.4. The van der Waals surface area contributed by atoms with E-state index in [4.69, 9.17) is 16.3 Å². The molecule has 2 aromatic carbocycles. The molecule has 0 atom stereocenters. The number of anilines is 1. The van der Waals surface area contributed by atoms with Gasteiger partial charge in [-0.1, -0.05) is 29.8 Å². The van der Waals surface area contributed by atoms with E-state index in [9.17, 15) is 9.90 Å². The molecule has 0 fully saturated rings. The van der Waals surface area contributed by atoms with Gasteiger partial charge in [0.05, 0.1) is 19.3 Å². The van der Waals surface area contributed by atoms with Crippen molar-refractivity contribution in [1.82, 2.24) is 0 Å². The summed E-state index contributed by atoms with van der Waals surface area (Å²) in [5.41, 5.74) is 1.54. The van der Waals surface area contributed by atoms with E-state index in [0.29, 0.717) is 27.6 Å². The zero-order valence-electron chi connectivity index (χ0n) is 10.9. The number of carbonyl (C=O) groups is 1. The second-order valence-corrected chi connectivity index (χ2v) is 4.55. The number of hydrogen-bond acceptors (Lipinski definition) is 3. The van der Waals surface area contributed by atoms with Gasteiger partial charge in [0, 0.05) is 16.3 Å². The normalized spacial score (nSPS) is 10.2. The quantitative estimate of drug-likeness (QED) is 0.910. The molecule has 5 heteroatoms. The van der Waals surface area contributed by atoms with Crippen LogP contribution in [0.25, 0.3) is 0 Å². The first-order valence-corrected chi connectivity index (χ1v) is 6.37. The summed E-state index contributed by atoms with van der Waals surface area (Å²) in [7, 11) is 1.49. The molecule has 0 heterocycles. The molecular weight excluding hydrogens is 278 g/mol. The molecule has 0 saturated heterocycles. The van der Waals surface area contributed by atoms with E-state index in [1.807, 2.05) is 0 Å². The van der Waals surface area contributed by atoms with Crippen molar-refractivity contribution in [3.05, 3.63) is 58.6 Å². The lowest BCUT2D eigenvalue weighted by atomic mass is 10.1. The van der Waals surface area contributed by atoms with Crippen LogP contribution in [0.3, 0.4) is 0 Å². The molecule has 0 saturated carbocycles. The highest BCUT2D eigenvalue weighted by Crippen LogP contribution is 2.24. The minimum atomic E-state index is -0.342. The van der Waals surface area contributed by atoms with Gasteiger partial charge in [-0.15, -0.1) is 0 Å². The summed E-state index contributed by atoms with van der Waals surface area (Å²) < 4.78 is 5.15. The van der Waals surface area contributed by atoms with Crippen LogP contribution in [-0.2, 0) is 6.61 Å². The zero-order valence-corrected chi connectivity index (χ0v) is 11.6. The van der Waals surface area contributed by atoms with Gasteiger partial charge in [-0.3, -0.25) is 4.79 Å². The molecule has 0 unspecified atom stereocenters. The van der Waals surface area contributed by atoms with Crippen LogP contribution < -0.4 is 10.1 Å². The number of aliphatic hydroxyl groups excluding tert-OH is 1. The summed E-state index contributed by atoms with van der Waals surface area (Å²) in [5, 5.41) is 12.4. The van der Waals surface area contributed by atoms with Gasteiger partial charge in [0.25, 0.3) is 5.91 Å². The van der Waals surface area contributed by atoms with Gasteiger partial charge < -0.3 is 15.2 Å². The van der Waals surface area contributed by atoms with Crippen molar-refractivity contribution in [2.45, 2.75) is 6.61 Å². The van der Waals surface area contributed by atoms with E-state index in [0.717, 1.165) is 0 Å². The number of ether oxygens (including phenoxy) is 1. The van der Waals surface area contributed by atoms with Crippen molar-refractivity contribution in [2.75, 3.05) is 12.4 Å². The third-order valence-corrected chi connectivity index (χ3v) is 3.08. The lowest BCUT2D eigenvalue weighted by molar-refractivity contribution is 0.102. The standard InChI is InChI=1S/C15H14ClNO3/c1-20-14-7-6-11(16)8-12(14)15(19)17-13-5-3-2-4-10(13)9-18/h2-8,18H,9H2,1H3,(H,17,19). The van der Waals surface area contributed by atoms with Crippen LogP contribution in [0.5, 0.6) is 5.75 Å². The largest absolute Gasteiger partial charge is 0.496 e. The maximum absolute atomic E-state index is 12.3. The van der Waals surface area contributed by atoms with Crippen LogP contribution in [0.2, 0.25) is 5.02 Å². The van der Waals surface area contributed by atoms with E-state index in [-0.39, 0.29) is 12.5 Å². The van der Waals surface area contributed by atoms with Crippen LogP contribution >= 0.6 is 11.6 Å². The number of hydrogen-bond donors (Lipinski definition) is 2. The monoisotopic (exact) mass is 291 g/mol. The van der Waals surface area contributed by atoms with E-state index < -0.39 is 0 Å². The molecule has 2 N–H and O–H groups in total. The van der Waals surface area contributed by atoms with Crippen molar-refractivity contribution in [2.24, 2.45) is 0 Å². The highest BCUT2D eigenvalue weighted by molar-refractivity contribution is 6.31. The fourth-order valence-electron chi connectivity index (χ4n) is 1.83. The van der Waals surface area contributed by atoms with Crippen molar-refractivity contribution >= 4 is 23.2 Å². The average Bonchev–Trinajstić information content (AvgIpc) is 2.47. The van der Waals surface area contributed by atoms with Crippen LogP contribution in [0.15, 0.2) is 42.5 Å². The lowest BCUT2D eigenvalue weighted by Crippen LogP contribution is -2.14. The predicted octanol–water partition coefficient (Wildman–Crippen LogP) is 3.09. The number of benzene rings is 2. The highest BCUT2D eigenvalue weighted by Gasteiger charge is 2.14. The molecule has 4 nitrogen and oxygen atoms in total. The predicted molar refractivity (Wildman–Crippen MR) is 78.3 cm³/mol. The fourth-order valence-corrected chi connectivity index (χ4v) is 2.00. The minimum Gasteiger partial charge on any atom is -0.496 e. The summed E-state index contributed by atoms with van der Waals surface area (Å²) in [6, 6.07) is 11.9. The van der Waals surface area contributed by atoms with Crippen molar-refractivity contribution in [3.8, 4) is 5.75 Å². The number of halogens is 1. The van der Waals surface area contributed by atoms with Crippen LogP contribution in [0.4, 0.5) is 5.69 Å². The van der Waals surface area contributed by atoms with Crippen LogP contribution in [0.1, 0.15) is 15.9 Å². The third-order valence-electron chi connectivity index (χ3n) is 2.84. The fraction of sp³-hybridized carbons (Fsp3) is 0.133. The molecule has 0 radical (unpaired) electrons. The Kier molecular flexibility index (Phi) is 4.61. The maximum atomic E-state index is 12.3. The highest BCUT2D eigenvalue weighted by atomic mass is 35.5. The molecule has 0 bridgehead atoms. The summed E-state index contributed by atoms with van der Waals surface area (Å²) in [5.74, 6) is 0.0960. The Morgan fingerprint density at radius 1 is 1.30 bits per heavy atom. The molecule has 0 aliphatic rings. The van der Waals surface area contributed by atoms with Gasteiger partial charge in [0.15, 0.2) is 0 Å². The molecule has 0 aromatic heterocycles. The molecule has 104 valence electrons. The number of amides is 1. The summed E-state index contributed by atoms with van der Waals surface area (Å²) >= 11 is 5.90. The van der Waals surface area contributed by atoms with E-state index in [1.54, 1.807) is 36.4 Å². The van der Waals surface area contributed by atoms with Gasteiger partial charge in [0.1, 0.15) is 5.75 Å². The van der Waals surface area contributed by atoms with E-state index in [2.05, 4.69) is 5.32 Å². The van der Waals surface area contributed by atoms with E-state index in [1.165, 1.54) is 13.2 Å². The number of para-hydroxylation sites is 1. The first-order chi connectivity index (χ1) is 9.65. The van der Waals surface area contributed by atoms with Crippen molar-refractivity contribution in [3.63, 3.8) is 0 Å². The van der Waals surface area contributed by atoms with Gasteiger partial charge in [0.2, 0.25) is 0 Å². The SMILES string of the molecule is COc1ccc(Cl)cc1C(=O)Nc1ccccc1CO. The summed E-state index contributed by atoms with van der Waals surface area (Å²) in [4.78, 5) is 12.3. The molecule has 0 spiro atoms. The molecule has 0 aliphatic carbocycles. The Morgan fingerprint density at radius 3 is 2.75 bits per heavy atom. The van der Waals surface area contributed by atoms with Crippen LogP contribution in [-0.4, -0.2) is 18.1 Å². The molecule has 2 rings (SSSR count). The molecule has 2 aromatic rings. The maximum Gasteiger partial charge on any atom is 0.259 e. The molecular formula is C15H14ClNO3. The Balaban J connectivity index is 2.30. The average molecular weight is 292 g/mol. The topological polar surface area (TPSA) is 58.6 Å². The van der Waals surface area contributed by atoms with Crippen molar-refractivity contribution < 1.29 is 14.6 Å². The summed E-state index contributed by atoms with van der Waals surface area (Å²) in [6.45, 7) is -0.150. The minimum absolute atomic E-state index is 0.150. The van der Waals surface area contributed by atoms with Crippen LogP contribution in [0, 0.1) is 0 Å². The Labute approximate surface area is 122 Å². The smallest absolute Gasteiger partial charge is 0.259 e. The van der Waals surface area contributed by atoms with Gasteiger partial charge in [-0.05, 0) is 24.3 Å². The number of aliphatic hydroxyl groups is 1. The first-order valence-electron chi connectivity index (χ1n) is 5.99. The number of rotatable bonds is 4. The van der Waals surface area contributed by atoms with E-state index >= 15 is 0 Å². The zero-order chi connectivity index (χ0) is 14.5. The second-order valence-electron chi connectivity index (χ2n) is 4.11. The molecule has 20 heavy (non-hydrogen) atoms. The van der Waals surface area contributed by atoms with Gasteiger partial charge >= 0.3 is 0 Å². The number of nitrogens with one attached hydrogen (secondary N) is 1. The third kappa shape index (κ3) is 3.10. The summed E-state index contributed by atoms with van der Waals surface area (Å²) in [6.07, 6.45) is 0. The van der Waals surface area contributed by atoms with Crippen molar-refractivity contribution in [1.29, 1.82) is 0 Å². The Morgan fingerprint density at radius 2 is 2.05 bits per heavy atom. The second kappa shape index (κ2) is 6.41. The number of carbonyl (C=O) groups excluding carboxylic acids is 1. The van der Waals surface area contributed by atoms with Gasteiger partial charge in [-0.25, -0.2) is 0 Å². The molecule has 1 amide bonds. The molecule has 0 aliphatic heterocycles. The Hall–Kier alpha value is -2.04. The number of methoxy groups -OCH3 is 1. The lowest BCUT2D eigenvalue weighted by Gasteiger charge is -2.12. The van der Waals surface area contributed by atoms with Gasteiger partial charge in [-0.2, -0.15) is 0 Å².